The number of anilines is 2. The topological polar surface area (TPSA) is 104 Å². The van der Waals surface area contributed by atoms with Gasteiger partial charge in [-0.3, -0.25) is 9.59 Å². The number of carbonyl (C=O) groups is 2. The third-order valence-electron chi connectivity index (χ3n) is 5.85. The normalized spacial score (nSPS) is 18.9. The predicted octanol–water partition coefficient (Wildman–Crippen LogP) is 3.24. The molecule has 2 aromatic carbocycles. The summed E-state index contributed by atoms with van der Waals surface area (Å²) in [6.07, 6.45) is 5.37. The van der Waals surface area contributed by atoms with Gasteiger partial charge in [-0.15, -0.1) is 0 Å². The molecule has 0 saturated heterocycles. The lowest BCUT2D eigenvalue weighted by molar-refractivity contribution is -0.116. The Kier molecular flexibility index (Phi) is 6.45. The van der Waals surface area contributed by atoms with Crippen molar-refractivity contribution in [2.24, 2.45) is 0 Å². The third-order valence-corrected chi connectivity index (χ3v) is 7.46. The second kappa shape index (κ2) is 9.28. The van der Waals surface area contributed by atoms with Gasteiger partial charge in [0.2, 0.25) is 5.91 Å². The summed E-state index contributed by atoms with van der Waals surface area (Å²) in [5, 5.41) is 8.71. The minimum absolute atomic E-state index is 0.177. The zero-order valence-electron chi connectivity index (χ0n) is 17.6. The van der Waals surface area contributed by atoms with Gasteiger partial charge in [0.05, 0.1) is 22.9 Å². The average Bonchev–Trinajstić information content (AvgIpc) is 2.76. The molecule has 2 aromatic rings. The third kappa shape index (κ3) is 5.45. The molecule has 170 valence electrons. The van der Waals surface area contributed by atoms with E-state index in [1.54, 1.807) is 18.2 Å². The molecule has 1 aliphatic heterocycles. The Labute approximate surface area is 186 Å². The van der Waals surface area contributed by atoms with Gasteiger partial charge in [0.1, 0.15) is 11.9 Å². The van der Waals surface area contributed by atoms with Crippen molar-refractivity contribution in [1.82, 2.24) is 5.32 Å². The lowest BCUT2D eigenvalue weighted by Crippen LogP contribution is -2.44. The summed E-state index contributed by atoms with van der Waals surface area (Å²) in [4.78, 5) is 25.1. The predicted molar refractivity (Wildman–Crippen MR) is 121 cm³/mol. The molecule has 0 aromatic heterocycles. The lowest BCUT2D eigenvalue weighted by Gasteiger charge is -2.27. The van der Waals surface area contributed by atoms with Crippen LogP contribution in [0.5, 0.6) is 0 Å². The molecule has 2 aliphatic rings. The molecule has 0 bridgehead atoms. The van der Waals surface area contributed by atoms with Crippen molar-refractivity contribution in [1.29, 1.82) is 0 Å². The summed E-state index contributed by atoms with van der Waals surface area (Å²) >= 11 is 0. The highest BCUT2D eigenvalue weighted by molar-refractivity contribution is 7.90. The maximum Gasteiger partial charge on any atom is 0.251 e. The summed E-state index contributed by atoms with van der Waals surface area (Å²) < 4.78 is 38.2. The largest absolute Gasteiger partial charge is 0.371 e. The van der Waals surface area contributed by atoms with E-state index in [9.17, 15) is 22.4 Å². The number of fused-ring (bicyclic) bond motifs is 1. The van der Waals surface area contributed by atoms with Crippen LogP contribution in [0.3, 0.4) is 0 Å². The SMILES string of the molecule is O=C(NC1CCCCC1)c1ccc2c(c1)NC(=O)[C@H](CS(=O)(=O)Cc1ccc(F)cc1)N2. The molecular weight excluding hydrogens is 433 g/mol. The van der Waals surface area contributed by atoms with Gasteiger partial charge in [0.15, 0.2) is 9.84 Å². The van der Waals surface area contributed by atoms with Gasteiger partial charge < -0.3 is 16.0 Å². The first kappa shape index (κ1) is 22.3. The fourth-order valence-electron chi connectivity index (χ4n) is 4.17. The first-order valence-electron chi connectivity index (χ1n) is 10.8. The van der Waals surface area contributed by atoms with Crippen LogP contribution in [0.25, 0.3) is 0 Å². The molecule has 0 radical (unpaired) electrons. The highest BCUT2D eigenvalue weighted by atomic mass is 32.2. The van der Waals surface area contributed by atoms with Crippen LogP contribution < -0.4 is 16.0 Å². The van der Waals surface area contributed by atoms with E-state index in [1.165, 1.54) is 30.7 Å². The molecule has 1 fully saturated rings. The number of benzene rings is 2. The fourth-order valence-corrected chi connectivity index (χ4v) is 5.73. The van der Waals surface area contributed by atoms with Crippen molar-refractivity contribution in [3.63, 3.8) is 0 Å². The van der Waals surface area contributed by atoms with E-state index in [-0.39, 0.29) is 17.7 Å². The van der Waals surface area contributed by atoms with Crippen LogP contribution in [0.2, 0.25) is 0 Å². The molecule has 9 heteroatoms. The highest BCUT2D eigenvalue weighted by Crippen LogP contribution is 2.29. The lowest BCUT2D eigenvalue weighted by atomic mass is 9.95. The first-order chi connectivity index (χ1) is 15.3. The minimum Gasteiger partial charge on any atom is -0.371 e. The van der Waals surface area contributed by atoms with E-state index in [1.807, 2.05) is 0 Å². The molecular formula is C23H26FN3O4S. The van der Waals surface area contributed by atoms with Gasteiger partial charge in [-0.05, 0) is 48.7 Å². The zero-order valence-corrected chi connectivity index (χ0v) is 18.4. The van der Waals surface area contributed by atoms with Gasteiger partial charge in [0, 0.05) is 11.6 Å². The van der Waals surface area contributed by atoms with Crippen LogP contribution in [0.15, 0.2) is 42.5 Å². The Bertz CT molecular complexity index is 1110. The second-order valence-corrected chi connectivity index (χ2v) is 10.5. The standard InChI is InChI=1S/C23H26FN3O4S/c24-17-9-6-15(7-10-17)13-32(30,31)14-21-23(29)27-20-12-16(8-11-19(20)26-21)22(28)25-18-4-2-1-3-5-18/h6-12,18,21,26H,1-5,13-14H2,(H,25,28)(H,27,29)/t21-/m0/s1. The van der Waals surface area contributed by atoms with Crippen LogP contribution in [-0.4, -0.2) is 38.1 Å². The maximum absolute atomic E-state index is 13.0. The summed E-state index contributed by atoms with van der Waals surface area (Å²) in [6.45, 7) is 0. The second-order valence-electron chi connectivity index (χ2n) is 8.44. The summed E-state index contributed by atoms with van der Waals surface area (Å²) in [5.41, 5.74) is 1.90. The number of sulfone groups is 1. The molecule has 1 atom stereocenters. The molecule has 1 aliphatic carbocycles. The number of amides is 2. The molecule has 0 spiro atoms. The number of hydrogen-bond acceptors (Lipinski definition) is 5. The molecule has 0 unspecified atom stereocenters. The van der Waals surface area contributed by atoms with Crippen molar-refractivity contribution >= 4 is 33.0 Å². The van der Waals surface area contributed by atoms with Crippen molar-refractivity contribution in [3.05, 3.63) is 59.4 Å². The van der Waals surface area contributed by atoms with Gasteiger partial charge in [-0.25, -0.2) is 12.8 Å². The monoisotopic (exact) mass is 459 g/mol. The summed E-state index contributed by atoms with van der Waals surface area (Å²) in [6, 6.07) is 9.37. The molecule has 4 rings (SSSR count). The number of rotatable bonds is 6. The Hall–Kier alpha value is -2.94. The van der Waals surface area contributed by atoms with Crippen LogP contribution in [-0.2, 0) is 20.4 Å². The van der Waals surface area contributed by atoms with Gasteiger partial charge in [0.25, 0.3) is 5.91 Å². The van der Waals surface area contributed by atoms with E-state index in [4.69, 9.17) is 0 Å². The van der Waals surface area contributed by atoms with Crippen LogP contribution in [0.4, 0.5) is 15.8 Å². The molecule has 3 N–H and O–H groups in total. The maximum atomic E-state index is 13.0. The first-order valence-corrected chi connectivity index (χ1v) is 12.6. The van der Waals surface area contributed by atoms with Gasteiger partial charge in [-0.1, -0.05) is 31.4 Å². The average molecular weight is 460 g/mol. The Morgan fingerprint density at radius 1 is 1.03 bits per heavy atom. The van der Waals surface area contributed by atoms with E-state index in [2.05, 4.69) is 16.0 Å². The van der Waals surface area contributed by atoms with Crippen molar-refractivity contribution in [2.75, 3.05) is 16.4 Å². The quantitative estimate of drug-likeness (QED) is 0.615. The van der Waals surface area contributed by atoms with E-state index in [0.717, 1.165) is 25.7 Å². The zero-order chi connectivity index (χ0) is 22.7. The summed E-state index contributed by atoms with van der Waals surface area (Å²) in [5.74, 6) is -1.79. The van der Waals surface area contributed by atoms with Crippen LogP contribution in [0.1, 0.15) is 48.0 Å². The number of nitrogens with one attached hydrogen (secondary N) is 3. The molecule has 1 heterocycles. The Morgan fingerprint density at radius 2 is 1.75 bits per heavy atom. The molecule has 32 heavy (non-hydrogen) atoms. The van der Waals surface area contributed by atoms with Crippen LogP contribution >= 0.6 is 0 Å². The van der Waals surface area contributed by atoms with Crippen molar-refractivity contribution in [3.8, 4) is 0 Å². The Balaban J connectivity index is 1.41. The fraction of sp³-hybridized carbons (Fsp3) is 0.391. The molecule has 1 saturated carbocycles. The summed E-state index contributed by atoms with van der Waals surface area (Å²) in [7, 11) is -3.63. The van der Waals surface area contributed by atoms with E-state index >= 15 is 0 Å². The Morgan fingerprint density at radius 3 is 2.47 bits per heavy atom. The van der Waals surface area contributed by atoms with Crippen molar-refractivity contribution in [2.45, 2.75) is 49.9 Å². The number of carbonyl (C=O) groups excluding carboxylic acids is 2. The highest BCUT2D eigenvalue weighted by Gasteiger charge is 2.31. The van der Waals surface area contributed by atoms with E-state index < -0.39 is 33.4 Å². The molecule has 7 nitrogen and oxygen atoms in total. The van der Waals surface area contributed by atoms with Gasteiger partial charge >= 0.3 is 0 Å². The van der Waals surface area contributed by atoms with Crippen molar-refractivity contribution < 1.29 is 22.4 Å². The van der Waals surface area contributed by atoms with E-state index in [0.29, 0.717) is 22.5 Å². The smallest absolute Gasteiger partial charge is 0.251 e. The number of hydrogen-bond donors (Lipinski definition) is 3. The molecule has 2 amide bonds. The van der Waals surface area contributed by atoms with Crippen LogP contribution in [0, 0.1) is 5.82 Å². The van der Waals surface area contributed by atoms with Gasteiger partial charge in [-0.2, -0.15) is 0 Å². The minimum atomic E-state index is -3.63. The number of halogens is 1.